The lowest BCUT2D eigenvalue weighted by molar-refractivity contribution is 0.278. The van der Waals surface area contributed by atoms with Gasteiger partial charge in [0.15, 0.2) is 0 Å². The molecule has 0 aliphatic rings. The van der Waals surface area contributed by atoms with Crippen LogP contribution in [0.1, 0.15) is 31.4 Å². The van der Waals surface area contributed by atoms with E-state index in [0.29, 0.717) is 12.8 Å². The van der Waals surface area contributed by atoms with Crippen LogP contribution in [0.3, 0.4) is 0 Å². The molecule has 0 saturated heterocycles. The average Bonchev–Trinajstić information content (AvgIpc) is 2.35. The minimum absolute atomic E-state index is 0.138. The van der Waals surface area contributed by atoms with Gasteiger partial charge < -0.3 is 5.11 Å². The molecule has 0 spiro atoms. The van der Waals surface area contributed by atoms with Crippen LogP contribution in [0.15, 0.2) is 30.3 Å². The fraction of sp³-hybridized carbons (Fsp3) is 0.462. The van der Waals surface area contributed by atoms with Gasteiger partial charge in [0.05, 0.1) is 12.1 Å². The zero-order valence-electron chi connectivity index (χ0n) is 9.56. The number of hydrogen-bond acceptors (Lipinski definition) is 3. The van der Waals surface area contributed by atoms with Crippen LogP contribution in [0, 0.1) is 11.3 Å². The SMILES string of the molecule is C[C@H](N[C@H](C#N)CCCO)c1ccccc1. The van der Waals surface area contributed by atoms with E-state index >= 15 is 0 Å². The molecule has 0 saturated carbocycles. The Labute approximate surface area is 96.7 Å². The van der Waals surface area contributed by atoms with E-state index in [-0.39, 0.29) is 18.7 Å². The fourth-order valence-corrected chi connectivity index (χ4v) is 1.62. The van der Waals surface area contributed by atoms with E-state index in [9.17, 15) is 0 Å². The molecule has 0 fully saturated rings. The highest BCUT2D eigenvalue weighted by atomic mass is 16.2. The van der Waals surface area contributed by atoms with Crippen molar-refractivity contribution in [1.29, 1.82) is 5.26 Å². The number of nitrogens with zero attached hydrogens (tertiary/aromatic N) is 1. The van der Waals surface area contributed by atoms with Crippen LogP contribution in [0.5, 0.6) is 0 Å². The maximum atomic E-state index is 8.95. The summed E-state index contributed by atoms with van der Waals surface area (Å²) >= 11 is 0. The van der Waals surface area contributed by atoms with Gasteiger partial charge in [0.1, 0.15) is 0 Å². The first kappa shape index (κ1) is 12.7. The predicted octanol–water partition coefficient (Wildman–Crippen LogP) is 2.00. The van der Waals surface area contributed by atoms with Crippen LogP contribution < -0.4 is 5.32 Å². The smallest absolute Gasteiger partial charge is 0.0958 e. The molecule has 2 N–H and O–H groups in total. The topological polar surface area (TPSA) is 56.0 Å². The molecular formula is C13H18N2O. The third-order valence-electron chi connectivity index (χ3n) is 2.56. The van der Waals surface area contributed by atoms with Gasteiger partial charge in [0, 0.05) is 12.6 Å². The van der Waals surface area contributed by atoms with Crippen molar-refractivity contribution in [3.8, 4) is 6.07 Å². The maximum Gasteiger partial charge on any atom is 0.0958 e. The van der Waals surface area contributed by atoms with Crippen molar-refractivity contribution in [2.45, 2.75) is 31.8 Å². The van der Waals surface area contributed by atoms with Gasteiger partial charge in [-0.25, -0.2) is 0 Å². The van der Waals surface area contributed by atoms with Gasteiger partial charge in [-0.2, -0.15) is 5.26 Å². The Morgan fingerprint density at radius 3 is 2.62 bits per heavy atom. The Balaban J connectivity index is 2.50. The third kappa shape index (κ3) is 4.01. The first-order valence-electron chi connectivity index (χ1n) is 5.59. The van der Waals surface area contributed by atoms with Gasteiger partial charge in [0.25, 0.3) is 0 Å². The molecule has 0 bridgehead atoms. The van der Waals surface area contributed by atoms with Crippen LogP contribution in [0.2, 0.25) is 0 Å². The number of aliphatic hydroxyl groups is 1. The standard InChI is InChI=1S/C13H18N2O/c1-11(12-6-3-2-4-7-12)15-13(10-14)8-5-9-16/h2-4,6-7,11,13,15-16H,5,8-9H2,1H3/t11-,13-/m0/s1. The van der Waals surface area contributed by atoms with Crippen LogP contribution in [-0.4, -0.2) is 17.8 Å². The molecule has 86 valence electrons. The van der Waals surface area contributed by atoms with Gasteiger partial charge in [-0.3, -0.25) is 5.32 Å². The van der Waals surface area contributed by atoms with Gasteiger partial charge in [-0.05, 0) is 25.3 Å². The maximum absolute atomic E-state index is 8.95. The van der Waals surface area contributed by atoms with E-state index in [2.05, 4.69) is 11.4 Å². The van der Waals surface area contributed by atoms with Crippen molar-refractivity contribution in [1.82, 2.24) is 5.32 Å². The zero-order valence-corrected chi connectivity index (χ0v) is 9.56. The highest BCUT2D eigenvalue weighted by molar-refractivity contribution is 5.18. The second kappa shape index (κ2) is 7.00. The quantitative estimate of drug-likeness (QED) is 0.768. The minimum Gasteiger partial charge on any atom is -0.396 e. The van der Waals surface area contributed by atoms with Crippen molar-refractivity contribution in [2.75, 3.05) is 6.61 Å². The number of hydrogen-bond donors (Lipinski definition) is 2. The summed E-state index contributed by atoms with van der Waals surface area (Å²) < 4.78 is 0. The Hall–Kier alpha value is -1.37. The predicted molar refractivity (Wildman–Crippen MR) is 63.7 cm³/mol. The van der Waals surface area contributed by atoms with Crippen molar-refractivity contribution in [3.63, 3.8) is 0 Å². The fourth-order valence-electron chi connectivity index (χ4n) is 1.62. The molecule has 0 radical (unpaired) electrons. The van der Waals surface area contributed by atoms with Crippen molar-refractivity contribution in [2.24, 2.45) is 0 Å². The molecule has 1 aromatic carbocycles. The molecule has 0 unspecified atom stereocenters. The van der Waals surface area contributed by atoms with Crippen molar-refractivity contribution < 1.29 is 5.11 Å². The number of nitriles is 1. The summed E-state index contributed by atoms with van der Waals surface area (Å²) in [7, 11) is 0. The molecule has 2 atom stereocenters. The Morgan fingerprint density at radius 2 is 2.06 bits per heavy atom. The highest BCUT2D eigenvalue weighted by Gasteiger charge is 2.11. The summed E-state index contributed by atoms with van der Waals surface area (Å²) in [5, 5.41) is 20.9. The van der Waals surface area contributed by atoms with Gasteiger partial charge >= 0.3 is 0 Å². The van der Waals surface area contributed by atoms with Crippen LogP contribution in [0.4, 0.5) is 0 Å². The van der Waals surface area contributed by atoms with Crippen molar-refractivity contribution in [3.05, 3.63) is 35.9 Å². The monoisotopic (exact) mass is 218 g/mol. The van der Waals surface area contributed by atoms with E-state index in [1.165, 1.54) is 5.56 Å². The normalized spacial score (nSPS) is 14.1. The summed E-state index contributed by atoms with van der Waals surface area (Å²) in [4.78, 5) is 0. The van der Waals surface area contributed by atoms with E-state index in [0.717, 1.165) is 0 Å². The van der Waals surface area contributed by atoms with Crippen molar-refractivity contribution >= 4 is 0 Å². The Bertz CT molecular complexity index is 332. The largest absolute Gasteiger partial charge is 0.396 e. The Kier molecular flexibility index (Phi) is 5.55. The van der Waals surface area contributed by atoms with Gasteiger partial charge in [0.2, 0.25) is 0 Å². The molecule has 3 heteroatoms. The van der Waals surface area contributed by atoms with Crippen LogP contribution in [-0.2, 0) is 0 Å². The molecule has 0 aliphatic carbocycles. The molecule has 0 aliphatic heterocycles. The molecule has 16 heavy (non-hydrogen) atoms. The lowest BCUT2D eigenvalue weighted by Crippen LogP contribution is -2.30. The second-order valence-corrected chi connectivity index (χ2v) is 3.85. The van der Waals surface area contributed by atoms with E-state index in [4.69, 9.17) is 10.4 Å². The second-order valence-electron chi connectivity index (χ2n) is 3.85. The molecule has 3 nitrogen and oxygen atoms in total. The van der Waals surface area contributed by atoms with Gasteiger partial charge in [-0.1, -0.05) is 30.3 Å². The zero-order chi connectivity index (χ0) is 11.8. The summed E-state index contributed by atoms with van der Waals surface area (Å²) in [6.45, 7) is 2.18. The number of benzene rings is 1. The van der Waals surface area contributed by atoms with Crippen LogP contribution in [0.25, 0.3) is 0 Å². The summed E-state index contributed by atoms with van der Waals surface area (Å²) in [6.07, 6.45) is 1.34. The molecule has 0 aromatic heterocycles. The number of rotatable bonds is 6. The highest BCUT2D eigenvalue weighted by Crippen LogP contribution is 2.12. The summed E-state index contributed by atoms with van der Waals surface area (Å²) in [6, 6.07) is 12.2. The first-order chi connectivity index (χ1) is 7.77. The number of nitrogens with one attached hydrogen (secondary N) is 1. The lowest BCUT2D eigenvalue weighted by atomic mass is 10.1. The minimum atomic E-state index is -0.192. The average molecular weight is 218 g/mol. The third-order valence-corrected chi connectivity index (χ3v) is 2.56. The molecule has 1 rings (SSSR count). The molecule has 0 heterocycles. The van der Waals surface area contributed by atoms with Crippen LogP contribution >= 0.6 is 0 Å². The number of aliphatic hydroxyl groups excluding tert-OH is 1. The molecule has 1 aromatic rings. The van der Waals surface area contributed by atoms with E-state index in [1.807, 2.05) is 37.3 Å². The van der Waals surface area contributed by atoms with E-state index < -0.39 is 0 Å². The van der Waals surface area contributed by atoms with E-state index in [1.54, 1.807) is 0 Å². The van der Waals surface area contributed by atoms with Gasteiger partial charge in [-0.15, -0.1) is 0 Å². The lowest BCUT2D eigenvalue weighted by Gasteiger charge is -2.18. The first-order valence-corrected chi connectivity index (χ1v) is 5.59. The summed E-state index contributed by atoms with van der Waals surface area (Å²) in [5.74, 6) is 0. The molecular weight excluding hydrogens is 200 g/mol. The Morgan fingerprint density at radius 1 is 1.38 bits per heavy atom. The summed E-state index contributed by atoms with van der Waals surface area (Å²) in [5.41, 5.74) is 1.17. The molecule has 0 amide bonds.